The van der Waals surface area contributed by atoms with Crippen LogP contribution in [-0.4, -0.2) is 18.6 Å². The molecule has 20 heavy (non-hydrogen) atoms. The first-order chi connectivity index (χ1) is 9.79. The van der Waals surface area contributed by atoms with E-state index in [-0.39, 0.29) is 6.04 Å². The van der Waals surface area contributed by atoms with Gasteiger partial charge in [-0.25, -0.2) is 0 Å². The molecule has 1 N–H and O–H groups in total. The molecule has 1 atom stereocenters. The van der Waals surface area contributed by atoms with Gasteiger partial charge in [0.2, 0.25) is 0 Å². The summed E-state index contributed by atoms with van der Waals surface area (Å²) in [4.78, 5) is 4.26. The maximum absolute atomic E-state index is 5.92. The Morgan fingerprint density at radius 1 is 1.35 bits per heavy atom. The maximum atomic E-state index is 5.92. The van der Waals surface area contributed by atoms with Crippen LogP contribution < -0.4 is 10.1 Å². The second-order valence-electron chi connectivity index (χ2n) is 4.95. The van der Waals surface area contributed by atoms with Gasteiger partial charge >= 0.3 is 0 Å². The number of fused-ring (bicyclic) bond motifs is 1. The van der Waals surface area contributed by atoms with Crippen LogP contribution in [0.5, 0.6) is 5.75 Å². The molecule has 4 heteroatoms. The summed E-state index contributed by atoms with van der Waals surface area (Å²) in [5.41, 5.74) is 3.62. The number of nitrogens with one attached hydrogen (secondary N) is 1. The fourth-order valence-electron chi connectivity index (χ4n) is 2.73. The summed E-state index contributed by atoms with van der Waals surface area (Å²) >= 11 is 3.49. The lowest BCUT2D eigenvalue weighted by Gasteiger charge is -2.25. The van der Waals surface area contributed by atoms with E-state index in [1.54, 1.807) is 6.20 Å². The number of nitrogens with zero attached hydrogens (tertiary/aromatic N) is 1. The van der Waals surface area contributed by atoms with Crippen LogP contribution in [0, 0.1) is 0 Å². The highest BCUT2D eigenvalue weighted by Crippen LogP contribution is 2.35. The lowest BCUT2D eigenvalue weighted by atomic mass is 9.94. The summed E-state index contributed by atoms with van der Waals surface area (Å²) in [6, 6.07) is 8.58. The van der Waals surface area contributed by atoms with Crippen molar-refractivity contribution in [1.29, 1.82) is 0 Å². The van der Waals surface area contributed by atoms with E-state index in [0.717, 1.165) is 35.2 Å². The molecular formula is C16H17BrN2O. The predicted octanol–water partition coefficient (Wildman–Crippen LogP) is 3.48. The smallest absolute Gasteiger partial charge is 0.127 e. The van der Waals surface area contributed by atoms with Gasteiger partial charge in [-0.15, -0.1) is 0 Å². The molecule has 1 unspecified atom stereocenters. The molecule has 1 aliphatic heterocycles. The molecule has 0 saturated carbocycles. The Morgan fingerprint density at radius 2 is 2.25 bits per heavy atom. The van der Waals surface area contributed by atoms with Crippen molar-refractivity contribution in [3.8, 4) is 5.75 Å². The number of hydrogen-bond donors (Lipinski definition) is 1. The quantitative estimate of drug-likeness (QED) is 0.934. The molecular weight excluding hydrogens is 316 g/mol. The molecule has 0 amide bonds. The number of pyridine rings is 1. The predicted molar refractivity (Wildman–Crippen MR) is 83.1 cm³/mol. The Morgan fingerprint density at radius 3 is 3.05 bits per heavy atom. The topological polar surface area (TPSA) is 34.2 Å². The largest absolute Gasteiger partial charge is 0.493 e. The molecule has 3 rings (SSSR count). The van der Waals surface area contributed by atoms with Crippen LogP contribution in [0.2, 0.25) is 0 Å². The van der Waals surface area contributed by atoms with E-state index in [2.05, 4.69) is 50.5 Å². The van der Waals surface area contributed by atoms with Crippen molar-refractivity contribution in [3.63, 3.8) is 0 Å². The molecule has 0 spiro atoms. The zero-order chi connectivity index (χ0) is 13.9. The van der Waals surface area contributed by atoms with Crippen molar-refractivity contribution in [1.82, 2.24) is 10.3 Å². The number of aromatic nitrogens is 1. The normalized spacial score (nSPS) is 15.3. The van der Waals surface area contributed by atoms with Gasteiger partial charge in [-0.1, -0.05) is 18.2 Å². The van der Waals surface area contributed by atoms with Gasteiger partial charge in [-0.3, -0.25) is 4.98 Å². The minimum atomic E-state index is 0.0908. The molecule has 2 aromatic rings. The molecule has 0 fully saturated rings. The van der Waals surface area contributed by atoms with Gasteiger partial charge in [-0.2, -0.15) is 0 Å². The third-order valence-corrected chi connectivity index (χ3v) is 4.06. The van der Waals surface area contributed by atoms with Gasteiger partial charge in [-0.05, 0) is 53.0 Å². The van der Waals surface area contributed by atoms with Crippen molar-refractivity contribution in [2.75, 3.05) is 13.7 Å². The van der Waals surface area contributed by atoms with E-state index in [4.69, 9.17) is 4.74 Å². The monoisotopic (exact) mass is 332 g/mol. The molecule has 1 aromatic heterocycles. The first kappa shape index (κ1) is 13.6. The van der Waals surface area contributed by atoms with Crippen molar-refractivity contribution in [2.24, 2.45) is 0 Å². The van der Waals surface area contributed by atoms with Gasteiger partial charge in [0, 0.05) is 22.4 Å². The number of ether oxygens (including phenoxy) is 1. The molecule has 0 saturated heterocycles. The van der Waals surface area contributed by atoms with Gasteiger partial charge < -0.3 is 10.1 Å². The van der Waals surface area contributed by atoms with Crippen LogP contribution in [0.15, 0.2) is 41.1 Å². The first-order valence-corrected chi connectivity index (χ1v) is 7.61. The van der Waals surface area contributed by atoms with E-state index in [1.165, 1.54) is 11.1 Å². The fraction of sp³-hybridized carbons (Fsp3) is 0.312. The summed E-state index contributed by atoms with van der Waals surface area (Å²) in [7, 11) is 1.97. The van der Waals surface area contributed by atoms with E-state index >= 15 is 0 Å². The first-order valence-electron chi connectivity index (χ1n) is 6.82. The number of aryl methyl sites for hydroxylation is 1. The number of halogens is 1. The second kappa shape index (κ2) is 5.94. The Hall–Kier alpha value is -1.39. The van der Waals surface area contributed by atoms with Gasteiger partial charge in [0.05, 0.1) is 12.6 Å². The highest BCUT2D eigenvalue weighted by Gasteiger charge is 2.21. The Kier molecular flexibility index (Phi) is 4.03. The minimum absolute atomic E-state index is 0.0908. The Balaban J connectivity index is 2.06. The molecule has 3 nitrogen and oxygen atoms in total. The fourth-order valence-corrected chi connectivity index (χ4v) is 3.11. The molecule has 0 bridgehead atoms. The van der Waals surface area contributed by atoms with Crippen LogP contribution in [-0.2, 0) is 6.42 Å². The summed E-state index contributed by atoms with van der Waals surface area (Å²) in [6.07, 6.45) is 5.89. The minimum Gasteiger partial charge on any atom is -0.493 e. The van der Waals surface area contributed by atoms with Gasteiger partial charge in [0.25, 0.3) is 0 Å². The number of rotatable bonds is 3. The molecule has 1 aromatic carbocycles. The molecule has 2 heterocycles. The van der Waals surface area contributed by atoms with Gasteiger partial charge in [0.15, 0.2) is 0 Å². The van der Waals surface area contributed by atoms with Crippen molar-refractivity contribution in [2.45, 2.75) is 18.9 Å². The number of hydrogen-bond acceptors (Lipinski definition) is 3. The summed E-state index contributed by atoms with van der Waals surface area (Å²) in [5, 5.41) is 3.37. The zero-order valence-corrected chi connectivity index (χ0v) is 13.0. The van der Waals surface area contributed by atoms with E-state index in [9.17, 15) is 0 Å². The standard InChI is InChI=1S/C16H17BrN2O/c1-18-15(12-8-13(17)10-19-9-12)14-6-2-4-11-5-3-7-20-16(11)14/h2,4,6,8-10,15,18H,3,5,7H2,1H3. The number of para-hydroxylation sites is 1. The van der Waals surface area contributed by atoms with E-state index < -0.39 is 0 Å². The Bertz CT molecular complexity index is 615. The van der Waals surface area contributed by atoms with Crippen LogP contribution in [0.4, 0.5) is 0 Å². The van der Waals surface area contributed by atoms with Crippen molar-refractivity contribution in [3.05, 3.63) is 57.8 Å². The van der Waals surface area contributed by atoms with Crippen LogP contribution >= 0.6 is 15.9 Å². The van der Waals surface area contributed by atoms with E-state index in [1.807, 2.05) is 13.2 Å². The summed E-state index contributed by atoms with van der Waals surface area (Å²) < 4.78 is 6.90. The zero-order valence-electron chi connectivity index (χ0n) is 11.4. The third kappa shape index (κ3) is 2.58. The Labute approximate surface area is 127 Å². The average molecular weight is 333 g/mol. The van der Waals surface area contributed by atoms with Crippen molar-refractivity contribution >= 4 is 15.9 Å². The number of benzene rings is 1. The molecule has 1 aliphatic rings. The van der Waals surface area contributed by atoms with Crippen LogP contribution in [0.1, 0.15) is 29.2 Å². The highest BCUT2D eigenvalue weighted by molar-refractivity contribution is 9.10. The third-order valence-electron chi connectivity index (χ3n) is 3.62. The highest BCUT2D eigenvalue weighted by atomic mass is 79.9. The second-order valence-corrected chi connectivity index (χ2v) is 5.86. The van der Waals surface area contributed by atoms with Crippen LogP contribution in [0.25, 0.3) is 0 Å². The molecule has 0 aliphatic carbocycles. The summed E-state index contributed by atoms with van der Waals surface area (Å²) in [6.45, 7) is 0.803. The molecule has 0 radical (unpaired) electrons. The SMILES string of the molecule is CNC(c1cncc(Br)c1)c1cccc2c1OCCC2. The molecule has 104 valence electrons. The summed E-state index contributed by atoms with van der Waals surface area (Å²) in [5.74, 6) is 1.04. The average Bonchev–Trinajstić information content (AvgIpc) is 2.48. The van der Waals surface area contributed by atoms with Gasteiger partial charge in [0.1, 0.15) is 5.75 Å². The van der Waals surface area contributed by atoms with Crippen molar-refractivity contribution < 1.29 is 4.74 Å². The maximum Gasteiger partial charge on any atom is 0.127 e. The van der Waals surface area contributed by atoms with Crippen LogP contribution in [0.3, 0.4) is 0 Å². The lowest BCUT2D eigenvalue weighted by Crippen LogP contribution is -2.21. The van der Waals surface area contributed by atoms with E-state index in [0.29, 0.717) is 0 Å². The lowest BCUT2D eigenvalue weighted by molar-refractivity contribution is 0.283.